The van der Waals surface area contributed by atoms with Gasteiger partial charge in [-0.25, -0.2) is 0 Å². The van der Waals surface area contributed by atoms with Crippen LogP contribution < -0.4 is 5.32 Å². The SMILES string of the molecule is CC.CC/C=C(\CC)CC(C)(C#N)NC. The van der Waals surface area contributed by atoms with E-state index >= 15 is 0 Å². The highest BCUT2D eigenvalue weighted by Gasteiger charge is 2.21. The lowest BCUT2D eigenvalue weighted by atomic mass is 9.92. The van der Waals surface area contributed by atoms with E-state index < -0.39 is 5.54 Å². The van der Waals surface area contributed by atoms with Gasteiger partial charge in [-0.3, -0.25) is 0 Å². The van der Waals surface area contributed by atoms with Crippen LogP contribution in [0.4, 0.5) is 0 Å². The standard InChI is InChI=1S/C11H20N2.C2H6/c1-5-7-10(6-2)8-11(3,9-12)13-4;1-2/h7,13H,5-6,8H2,1-4H3;1-2H3/b10-7+;. The van der Waals surface area contributed by atoms with Crippen molar-refractivity contribution in [2.24, 2.45) is 0 Å². The molecule has 0 rings (SSSR count). The molecule has 2 heteroatoms. The smallest absolute Gasteiger partial charge is 0.107 e. The third kappa shape index (κ3) is 7.16. The molecule has 0 saturated heterocycles. The Bertz CT molecular complexity index is 213. The minimum Gasteiger partial charge on any atom is -0.302 e. The summed E-state index contributed by atoms with van der Waals surface area (Å²) in [5, 5.41) is 12.0. The number of nitrogens with one attached hydrogen (secondary N) is 1. The molecule has 0 heterocycles. The van der Waals surface area contributed by atoms with Gasteiger partial charge in [-0.2, -0.15) is 5.26 Å². The van der Waals surface area contributed by atoms with Crippen molar-refractivity contribution >= 4 is 0 Å². The Morgan fingerprint density at radius 1 is 1.40 bits per heavy atom. The highest BCUT2D eigenvalue weighted by atomic mass is 14.9. The van der Waals surface area contributed by atoms with Gasteiger partial charge in [0.2, 0.25) is 0 Å². The molecule has 0 aromatic rings. The van der Waals surface area contributed by atoms with E-state index in [2.05, 4.69) is 31.3 Å². The maximum absolute atomic E-state index is 8.96. The van der Waals surface area contributed by atoms with E-state index in [1.807, 2.05) is 27.8 Å². The van der Waals surface area contributed by atoms with Gasteiger partial charge in [0.1, 0.15) is 5.54 Å². The number of nitrogens with zero attached hydrogens (tertiary/aromatic N) is 1. The van der Waals surface area contributed by atoms with Crippen LogP contribution in [0.3, 0.4) is 0 Å². The van der Waals surface area contributed by atoms with Gasteiger partial charge >= 0.3 is 0 Å². The molecule has 0 spiro atoms. The first kappa shape index (κ1) is 16.6. The zero-order chi connectivity index (χ0) is 12.3. The number of rotatable bonds is 5. The summed E-state index contributed by atoms with van der Waals surface area (Å²) in [6.07, 6.45) is 5.12. The predicted molar refractivity (Wildman–Crippen MR) is 67.7 cm³/mol. The minimum atomic E-state index is -0.406. The second-order valence-electron chi connectivity index (χ2n) is 3.49. The Morgan fingerprint density at radius 3 is 2.20 bits per heavy atom. The molecule has 0 aliphatic rings. The normalized spacial score (nSPS) is 14.6. The van der Waals surface area contributed by atoms with Crippen molar-refractivity contribution < 1.29 is 0 Å². The van der Waals surface area contributed by atoms with Crippen molar-refractivity contribution in [3.05, 3.63) is 11.6 Å². The van der Waals surface area contributed by atoms with E-state index in [1.54, 1.807) is 0 Å². The summed E-state index contributed by atoms with van der Waals surface area (Å²) in [7, 11) is 1.84. The number of nitriles is 1. The summed E-state index contributed by atoms with van der Waals surface area (Å²) in [6.45, 7) is 10.2. The Kier molecular flexibility index (Phi) is 10.8. The van der Waals surface area contributed by atoms with Gasteiger partial charge in [0.15, 0.2) is 0 Å². The number of allylic oxidation sites excluding steroid dienone is 1. The van der Waals surface area contributed by atoms with Crippen LogP contribution in [-0.2, 0) is 0 Å². The van der Waals surface area contributed by atoms with E-state index in [9.17, 15) is 0 Å². The van der Waals surface area contributed by atoms with E-state index in [-0.39, 0.29) is 0 Å². The van der Waals surface area contributed by atoms with Crippen LogP contribution >= 0.6 is 0 Å². The average Bonchev–Trinajstić information content (AvgIpc) is 2.31. The van der Waals surface area contributed by atoms with Crippen molar-refractivity contribution in [2.45, 2.75) is 59.4 Å². The van der Waals surface area contributed by atoms with E-state index in [0.717, 1.165) is 19.3 Å². The summed E-state index contributed by atoms with van der Waals surface area (Å²) >= 11 is 0. The van der Waals surface area contributed by atoms with E-state index in [1.165, 1.54) is 5.57 Å². The van der Waals surface area contributed by atoms with Crippen LogP contribution in [0.25, 0.3) is 0 Å². The second-order valence-corrected chi connectivity index (χ2v) is 3.49. The Balaban J connectivity index is 0. The maximum Gasteiger partial charge on any atom is 0.107 e. The van der Waals surface area contributed by atoms with Gasteiger partial charge in [-0.1, -0.05) is 39.3 Å². The van der Waals surface area contributed by atoms with Crippen molar-refractivity contribution in [2.75, 3.05) is 7.05 Å². The van der Waals surface area contributed by atoms with Gasteiger partial charge in [-0.15, -0.1) is 0 Å². The van der Waals surface area contributed by atoms with Gasteiger partial charge in [0.25, 0.3) is 0 Å². The first-order valence-electron chi connectivity index (χ1n) is 5.90. The lowest BCUT2D eigenvalue weighted by molar-refractivity contribution is 0.481. The molecule has 15 heavy (non-hydrogen) atoms. The molecule has 0 aromatic carbocycles. The molecular formula is C13H26N2. The largest absolute Gasteiger partial charge is 0.302 e. The van der Waals surface area contributed by atoms with Crippen molar-refractivity contribution in [3.63, 3.8) is 0 Å². The van der Waals surface area contributed by atoms with Crippen molar-refractivity contribution in [1.82, 2.24) is 5.32 Å². The molecule has 0 amide bonds. The predicted octanol–water partition coefficient (Wildman–Crippen LogP) is 3.65. The molecule has 0 aliphatic heterocycles. The lowest BCUT2D eigenvalue weighted by Crippen LogP contribution is -2.38. The van der Waals surface area contributed by atoms with Crippen LogP contribution in [0.1, 0.15) is 53.9 Å². The molecule has 1 unspecified atom stereocenters. The molecule has 0 saturated carbocycles. The van der Waals surface area contributed by atoms with Crippen LogP contribution in [0, 0.1) is 11.3 Å². The molecular weight excluding hydrogens is 184 g/mol. The number of hydrogen-bond donors (Lipinski definition) is 1. The summed E-state index contributed by atoms with van der Waals surface area (Å²) in [5.41, 5.74) is 0.956. The van der Waals surface area contributed by atoms with Crippen LogP contribution in [0.15, 0.2) is 11.6 Å². The number of hydrogen-bond acceptors (Lipinski definition) is 2. The van der Waals surface area contributed by atoms with Crippen LogP contribution in [0.5, 0.6) is 0 Å². The first-order chi connectivity index (χ1) is 7.11. The van der Waals surface area contributed by atoms with Gasteiger partial charge in [0.05, 0.1) is 6.07 Å². The van der Waals surface area contributed by atoms with Gasteiger partial charge in [0, 0.05) is 0 Å². The highest BCUT2D eigenvalue weighted by molar-refractivity contribution is 5.14. The molecule has 0 radical (unpaired) electrons. The summed E-state index contributed by atoms with van der Waals surface area (Å²) in [4.78, 5) is 0. The minimum absolute atomic E-state index is 0.406. The molecule has 2 nitrogen and oxygen atoms in total. The molecule has 1 atom stereocenters. The first-order valence-corrected chi connectivity index (χ1v) is 5.90. The zero-order valence-electron chi connectivity index (χ0n) is 11.1. The maximum atomic E-state index is 8.96. The molecule has 0 aliphatic carbocycles. The third-order valence-electron chi connectivity index (χ3n) is 2.33. The second kappa shape index (κ2) is 9.73. The topological polar surface area (TPSA) is 35.8 Å². The quantitative estimate of drug-likeness (QED) is 0.703. The Morgan fingerprint density at radius 2 is 1.93 bits per heavy atom. The fourth-order valence-corrected chi connectivity index (χ4v) is 1.27. The Labute approximate surface area is 95.4 Å². The van der Waals surface area contributed by atoms with Gasteiger partial charge < -0.3 is 5.32 Å². The summed E-state index contributed by atoms with van der Waals surface area (Å²) in [6, 6.07) is 2.30. The molecule has 88 valence electrons. The van der Waals surface area contributed by atoms with Crippen molar-refractivity contribution in [1.29, 1.82) is 5.26 Å². The summed E-state index contributed by atoms with van der Waals surface area (Å²) in [5.74, 6) is 0. The molecule has 0 fully saturated rings. The monoisotopic (exact) mass is 210 g/mol. The van der Waals surface area contributed by atoms with Gasteiger partial charge in [-0.05, 0) is 33.2 Å². The van der Waals surface area contributed by atoms with Crippen LogP contribution in [0.2, 0.25) is 0 Å². The molecule has 1 N–H and O–H groups in total. The average molecular weight is 210 g/mol. The fourth-order valence-electron chi connectivity index (χ4n) is 1.27. The van der Waals surface area contributed by atoms with E-state index in [0.29, 0.717) is 0 Å². The fraction of sp³-hybridized carbons (Fsp3) is 0.769. The molecule has 0 aromatic heterocycles. The zero-order valence-corrected chi connectivity index (χ0v) is 11.1. The Hall–Kier alpha value is -0.810. The van der Waals surface area contributed by atoms with Crippen molar-refractivity contribution in [3.8, 4) is 6.07 Å². The van der Waals surface area contributed by atoms with Crippen LogP contribution in [-0.4, -0.2) is 12.6 Å². The highest BCUT2D eigenvalue weighted by Crippen LogP contribution is 2.18. The summed E-state index contributed by atoms with van der Waals surface area (Å²) < 4.78 is 0. The molecule has 0 bridgehead atoms. The lowest BCUT2D eigenvalue weighted by Gasteiger charge is -2.21. The van der Waals surface area contributed by atoms with E-state index in [4.69, 9.17) is 5.26 Å². The third-order valence-corrected chi connectivity index (χ3v) is 2.33.